The van der Waals surface area contributed by atoms with E-state index in [1.165, 1.54) is 10.6 Å². The molecule has 0 aliphatic rings. The number of nitrogens with zero attached hydrogens (tertiary/aromatic N) is 2. The first-order valence-electron chi connectivity index (χ1n) is 6.10. The summed E-state index contributed by atoms with van der Waals surface area (Å²) < 4.78 is 2.86. The largest absolute Gasteiger partial charge is 0.330 e. The average molecular weight is 239 g/mol. The summed E-state index contributed by atoms with van der Waals surface area (Å²) in [7, 11) is 0. The lowest BCUT2D eigenvalue weighted by molar-refractivity contribution is 0.435. The van der Waals surface area contributed by atoms with Gasteiger partial charge in [0, 0.05) is 25.4 Å². The molecule has 0 spiro atoms. The van der Waals surface area contributed by atoms with Crippen molar-refractivity contribution in [3.05, 3.63) is 33.1 Å². The fraction of sp³-hybridized carbons (Fsp3) is 0.667. The Morgan fingerprint density at radius 3 is 2.71 bits per heavy atom. The van der Waals surface area contributed by atoms with E-state index in [4.69, 9.17) is 5.73 Å². The van der Waals surface area contributed by atoms with Crippen molar-refractivity contribution in [2.24, 2.45) is 11.7 Å². The predicted octanol–water partition coefficient (Wildman–Crippen LogP) is 0.405. The lowest BCUT2D eigenvalue weighted by Gasteiger charge is -2.12. The van der Waals surface area contributed by atoms with E-state index in [2.05, 4.69) is 13.8 Å². The van der Waals surface area contributed by atoms with Crippen LogP contribution in [0, 0.1) is 5.92 Å². The van der Waals surface area contributed by atoms with Crippen LogP contribution in [0.25, 0.3) is 0 Å². The Hall–Kier alpha value is -1.36. The first-order chi connectivity index (χ1) is 8.10. The van der Waals surface area contributed by atoms with Crippen LogP contribution in [0.4, 0.5) is 0 Å². The van der Waals surface area contributed by atoms with Crippen molar-refractivity contribution in [3.63, 3.8) is 0 Å². The summed E-state index contributed by atoms with van der Waals surface area (Å²) in [6, 6.07) is 1.44. The third-order valence-electron chi connectivity index (χ3n) is 2.93. The maximum absolute atomic E-state index is 12.0. The Bertz CT molecular complexity index is 462. The van der Waals surface area contributed by atoms with E-state index in [0.717, 1.165) is 6.42 Å². The van der Waals surface area contributed by atoms with Crippen LogP contribution < -0.4 is 17.0 Å². The van der Waals surface area contributed by atoms with Crippen LogP contribution in [-0.2, 0) is 13.1 Å². The van der Waals surface area contributed by atoms with Gasteiger partial charge in [-0.05, 0) is 18.9 Å². The third kappa shape index (κ3) is 3.56. The van der Waals surface area contributed by atoms with Crippen molar-refractivity contribution in [2.45, 2.75) is 39.8 Å². The smallest absolute Gasteiger partial charge is 0.330 e. The molecule has 0 bridgehead atoms. The maximum atomic E-state index is 12.0. The summed E-state index contributed by atoms with van der Waals surface area (Å²) in [5.74, 6) is 0.424. The molecule has 96 valence electrons. The number of hydrogen-bond acceptors (Lipinski definition) is 3. The molecule has 17 heavy (non-hydrogen) atoms. The molecular formula is C12H21N3O2. The highest BCUT2D eigenvalue weighted by molar-refractivity contribution is 4.86. The molecule has 0 saturated carbocycles. The lowest BCUT2D eigenvalue weighted by atomic mass is 10.1. The van der Waals surface area contributed by atoms with Crippen LogP contribution in [-0.4, -0.2) is 15.7 Å². The van der Waals surface area contributed by atoms with Gasteiger partial charge in [0.25, 0.3) is 5.56 Å². The Labute approximate surface area is 101 Å². The minimum Gasteiger partial charge on any atom is -0.330 e. The first-order valence-corrected chi connectivity index (χ1v) is 6.10. The second-order valence-corrected chi connectivity index (χ2v) is 4.40. The molecule has 0 fully saturated rings. The molecule has 0 aliphatic heterocycles. The average Bonchev–Trinajstić information content (AvgIpc) is 2.32. The summed E-state index contributed by atoms with van der Waals surface area (Å²) in [4.78, 5) is 23.6. The summed E-state index contributed by atoms with van der Waals surface area (Å²) >= 11 is 0. The molecule has 2 N–H and O–H groups in total. The predicted molar refractivity (Wildman–Crippen MR) is 68.1 cm³/mol. The van der Waals surface area contributed by atoms with Gasteiger partial charge in [-0.3, -0.25) is 9.36 Å². The van der Waals surface area contributed by atoms with Crippen molar-refractivity contribution in [1.82, 2.24) is 9.13 Å². The highest BCUT2D eigenvalue weighted by Gasteiger charge is 2.07. The van der Waals surface area contributed by atoms with Crippen molar-refractivity contribution >= 4 is 0 Å². The molecule has 0 aliphatic carbocycles. The van der Waals surface area contributed by atoms with Gasteiger partial charge in [0.1, 0.15) is 0 Å². The Morgan fingerprint density at radius 2 is 2.12 bits per heavy atom. The van der Waals surface area contributed by atoms with Crippen molar-refractivity contribution in [2.75, 3.05) is 6.54 Å². The Kier molecular flexibility index (Phi) is 5.15. The lowest BCUT2D eigenvalue weighted by Crippen LogP contribution is -2.40. The van der Waals surface area contributed by atoms with Crippen molar-refractivity contribution < 1.29 is 0 Å². The second-order valence-electron chi connectivity index (χ2n) is 4.40. The summed E-state index contributed by atoms with van der Waals surface area (Å²) in [5, 5.41) is 0. The first kappa shape index (κ1) is 13.7. The zero-order valence-electron chi connectivity index (χ0n) is 10.6. The zero-order chi connectivity index (χ0) is 12.8. The Morgan fingerprint density at radius 1 is 1.41 bits per heavy atom. The molecular weight excluding hydrogens is 218 g/mol. The maximum Gasteiger partial charge on any atom is 0.330 e. The highest BCUT2D eigenvalue weighted by Crippen LogP contribution is 2.02. The third-order valence-corrected chi connectivity index (χ3v) is 2.93. The quantitative estimate of drug-likeness (QED) is 0.781. The van der Waals surface area contributed by atoms with E-state index in [1.54, 1.807) is 10.8 Å². The molecule has 5 nitrogen and oxygen atoms in total. The van der Waals surface area contributed by atoms with E-state index in [0.29, 0.717) is 32.0 Å². The van der Waals surface area contributed by atoms with Gasteiger partial charge in [0.2, 0.25) is 0 Å². The van der Waals surface area contributed by atoms with E-state index in [-0.39, 0.29) is 11.2 Å². The molecule has 1 aromatic heterocycles. The molecule has 0 aromatic carbocycles. The molecule has 0 amide bonds. The normalized spacial score (nSPS) is 12.6. The molecule has 5 heteroatoms. The molecule has 1 aromatic rings. The van der Waals surface area contributed by atoms with E-state index < -0.39 is 0 Å². The SMILES string of the molecule is CCC(C)Cn1ccc(=O)n(CCCN)c1=O. The summed E-state index contributed by atoms with van der Waals surface area (Å²) in [6.07, 6.45) is 3.23. The molecule has 1 rings (SSSR count). The van der Waals surface area contributed by atoms with Gasteiger partial charge in [-0.25, -0.2) is 4.79 Å². The number of nitrogens with two attached hydrogens (primary N) is 1. The monoisotopic (exact) mass is 239 g/mol. The number of aromatic nitrogens is 2. The van der Waals surface area contributed by atoms with Crippen LogP contribution in [0.5, 0.6) is 0 Å². The van der Waals surface area contributed by atoms with Gasteiger partial charge in [0.05, 0.1) is 0 Å². The highest BCUT2D eigenvalue weighted by atomic mass is 16.2. The van der Waals surface area contributed by atoms with Crippen LogP contribution >= 0.6 is 0 Å². The van der Waals surface area contributed by atoms with Gasteiger partial charge in [-0.1, -0.05) is 20.3 Å². The van der Waals surface area contributed by atoms with Crippen LogP contribution in [0.15, 0.2) is 21.9 Å². The van der Waals surface area contributed by atoms with Gasteiger partial charge in [0.15, 0.2) is 0 Å². The van der Waals surface area contributed by atoms with Crippen molar-refractivity contribution in [1.29, 1.82) is 0 Å². The van der Waals surface area contributed by atoms with Crippen molar-refractivity contribution in [3.8, 4) is 0 Å². The van der Waals surface area contributed by atoms with Gasteiger partial charge < -0.3 is 10.3 Å². The number of rotatable bonds is 6. The standard InChI is InChI=1S/C12H21N3O2/c1-3-10(2)9-14-8-5-11(16)15(12(14)17)7-4-6-13/h5,8,10H,3-4,6-7,9,13H2,1-2H3. The van der Waals surface area contributed by atoms with Gasteiger partial charge in [-0.15, -0.1) is 0 Å². The molecule has 0 saturated heterocycles. The Balaban J connectivity index is 3.02. The van der Waals surface area contributed by atoms with E-state index >= 15 is 0 Å². The van der Waals surface area contributed by atoms with Gasteiger partial charge >= 0.3 is 5.69 Å². The zero-order valence-corrected chi connectivity index (χ0v) is 10.6. The van der Waals surface area contributed by atoms with Crippen LogP contribution in [0.1, 0.15) is 26.7 Å². The molecule has 1 heterocycles. The number of hydrogen-bond donors (Lipinski definition) is 1. The minimum absolute atomic E-state index is 0.230. The second kappa shape index (κ2) is 6.39. The van der Waals surface area contributed by atoms with Crippen LogP contribution in [0.3, 0.4) is 0 Å². The minimum atomic E-state index is -0.246. The van der Waals surface area contributed by atoms with E-state index in [9.17, 15) is 9.59 Å². The van der Waals surface area contributed by atoms with Gasteiger partial charge in [-0.2, -0.15) is 0 Å². The van der Waals surface area contributed by atoms with Crippen LogP contribution in [0.2, 0.25) is 0 Å². The topological polar surface area (TPSA) is 70.0 Å². The fourth-order valence-electron chi connectivity index (χ4n) is 1.62. The summed E-state index contributed by atoms with van der Waals surface area (Å²) in [6.45, 7) is 5.70. The molecule has 0 radical (unpaired) electrons. The molecule has 1 atom stereocenters. The fourth-order valence-corrected chi connectivity index (χ4v) is 1.62. The molecule has 1 unspecified atom stereocenters. The van der Waals surface area contributed by atoms with E-state index in [1.807, 2.05) is 0 Å². The summed E-state index contributed by atoms with van der Waals surface area (Å²) in [5.41, 5.74) is 4.92.